The number of hydrogen-bond acceptors (Lipinski definition) is 3. The molecule has 0 heterocycles. The third-order valence-corrected chi connectivity index (χ3v) is 9.60. The Morgan fingerprint density at radius 2 is 1.87 bits per heavy atom. The second-order valence-corrected chi connectivity index (χ2v) is 11.0. The van der Waals surface area contributed by atoms with Crippen molar-refractivity contribution in [1.82, 2.24) is 0 Å². The van der Waals surface area contributed by atoms with E-state index in [4.69, 9.17) is 4.74 Å². The van der Waals surface area contributed by atoms with Crippen molar-refractivity contribution in [3.63, 3.8) is 0 Å². The van der Waals surface area contributed by atoms with Gasteiger partial charge < -0.3 is 15.2 Å². The van der Waals surface area contributed by atoms with Gasteiger partial charge in [0, 0.05) is 18.7 Å². The van der Waals surface area contributed by atoms with Gasteiger partial charge >= 0.3 is 0 Å². The number of benzene rings is 1. The minimum atomic E-state index is -0.608. The zero-order valence-electron chi connectivity index (χ0n) is 18.5. The maximum Gasteiger partial charge on any atom is 0.228 e. The Kier molecular flexibility index (Phi) is 5.22. The molecule has 8 atom stereocenters. The van der Waals surface area contributed by atoms with Crippen LogP contribution in [0.2, 0.25) is 0 Å². The minimum Gasteiger partial charge on any atom is -0.387 e. The molecule has 0 spiro atoms. The average Bonchev–Trinajstić information content (AvgIpc) is 2.71. The van der Waals surface area contributed by atoms with Crippen molar-refractivity contribution in [1.29, 1.82) is 0 Å². The van der Waals surface area contributed by atoms with Gasteiger partial charge in [-0.15, -0.1) is 0 Å². The molecule has 0 saturated heterocycles. The van der Waals surface area contributed by atoms with Crippen molar-refractivity contribution in [2.75, 3.05) is 19.0 Å². The Labute approximate surface area is 180 Å². The monoisotopic (exact) mass is 411 g/mol. The van der Waals surface area contributed by atoms with Crippen LogP contribution in [0.5, 0.6) is 0 Å². The summed E-state index contributed by atoms with van der Waals surface area (Å²) >= 11 is 0. The van der Waals surface area contributed by atoms with Gasteiger partial charge in [0.2, 0.25) is 5.91 Å². The molecular formula is C26H37NO3. The summed E-state index contributed by atoms with van der Waals surface area (Å²) in [6.45, 7) is 2.86. The highest BCUT2D eigenvalue weighted by Gasteiger charge is 2.62. The lowest BCUT2D eigenvalue weighted by Gasteiger charge is -2.64. The van der Waals surface area contributed by atoms with Gasteiger partial charge in [0.25, 0.3) is 0 Å². The molecule has 0 aliphatic heterocycles. The number of rotatable bonds is 4. The predicted octanol–water partition coefficient (Wildman–Crippen LogP) is 4.88. The van der Waals surface area contributed by atoms with Crippen molar-refractivity contribution in [2.24, 2.45) is 40.9 Å². The Balaban J connectivity index is 1.25. The van der Waals surface area contributed by atoms with Crippen LogP contribution in [0.25, 0.3) is 0 Å². The molecule has 5 rings (SSSR count). The number of anilines is 1. The number of carbonyl (C=O) groups excluding carboxylic acids is 1. The number of fused-ring (bicyclic) bond motifs is 5. The maximum absolute atomic E-state index is 13.0. The fourth-order valence-electron chi connectivity index (χ4n) is 8.11. The molecule has 1 aromatic carbocycles. The molecule has 1 aromatic rings. The van der Waals surface area contributed by atoms with Crippen LogP contribution in [-0.4, -0.2) is 30.3 Å². The van der Waals surface area contributed by atoms with E-state index in [9.17, 15) is 9.90 Å². The molecule has 4 nitrogen and oxygen atoms in total. The molecule has 4 aliphatic rings. The average molecular weight is 412 g/mol. The smallest absolute Gasteiger partial charge is 0.228 e. The highest BCUT2D eigenvalue weighted by atomic mass is 16.5. The quantitative estimate of drug-likeness (QED) is 0.742. The van der Waals surface area contributed by atoms with Gasteiger partial charge in [-0.2, -0.15) is 0 Å². The highest BCUT2D eigenvalue weighted by Crippen LogP contribution is 2.67. The Bertz CT molecular complexity index is 782. The van der Waals surface area contributed by atoms with Crippen LogP contribution in [0.3, 0.4) is 0 Å². The number of nitrogens with one attached hydrogen (secondary N) is 1. The summed E-state index contributed by atoms with van der Waals surface area (Å²) in [5.74, 6) is 4.06. The standard InChI is InChI=1S/C26H37NO3/c1-25-12-10-20-19-11-13-26(29,16-30-2)15-17(19)8-9-21(20)22(25)14-23(25)24(28)27-18-6-4-3-5-7-18/h3-7,17,19-23,29H,8-16H2,1-2H3,(H,27,28)/t17-,19+,20-,21-,22+,23-,25+,26-/m1/s1. The summed E-state index contributed by atoms with van der Waals surface area (Å²) in [6.07, 6.45) is 8.96. The van der Waals surface area contributed by atoms with E-state index in [0.717, 1.165) is 49.1 Å². The molecule has 4 fully saturated rings. The zero-order valence-corrected chi connectivity index (χ0v) is 18.5. The molecule has 4 aliphatic carbocycles. The Morgan fingerprint density at radius 1 is 1.10 bits per heavy atom. The third-order valence-electron chi connectivity index (χ3n) is 9.60. The van der Waals surface area contributed by atoms with Gasteiger partial charge in [-0.05, 0) is 98.5 Å². The molecule has 30 heavy (non-hydrogen) atoms. The fourth-order valence-corrected chi connectivity index (χ4v) is 8.11. The predicted molar refractivity (Wildman–Crippen MR) is 118 cm³/mol. The van der Waals surface area contributed by atoms with Gasteiger partial charge in [0.05, 0.1) is 12.2 Å². The van der Waals surface area contributed by atoms with Crippen LogP contribution in [0.4, 0.5) is 5.69 Å². The minimum absolute atomic E-state index is 0.152. The lowest BCUT2D eigenvalue weighted by molar-refractivity contribution is -0.178. The van der Waals surface area contributed by atoms with Crippen LogP contribution >= 0.6 is 0 Å². The number of methoxy groups -OCH3 is 1. The number of carbonyl (C=O) groups is 1. The number of para-hydroxylation sites is 1. The summed E-state index contributed by atoms with van der Waals surface area (Å²) in [6, 6.07) is 9.88. The third kappa shape index (κ3) is 3.31. The van der Waals surface area contributed by atoms with Crippen LogP contribution in [0, 0.1) is 40.9 Å². The maximum atomic E-state index is 13.0. The Morgan fingerprint density at radius 3 is 2.63 bits per heavy atom. The lowest BCUT2D eigenvalue weighted by atomic mass is 9.40. The summed E-state index contributed by atoms with van der Waals surface area (Å²) < 4.78 is 5.31. The number of ether oxygens (including phenoxy) is 1. The summed E-state index contributed by atoms with van der Waals surface area (Å²) in [4.78, 5) is 13.0. The summed E-state index contributed by atoms with van der Waals surface area (Å²) in [7, 11) is 1.70. The normalized spacial score (nSPS) is 44.8. The Hall–Kier alpha value is -1.39. The first-order valence-corrected chi connectivity index (χ1v) is 12.0. The molecule has 4 heteroatoms. The first-order chi connectivity index (χ1) is 14.4. The van der Waals surface area contributed by atoms with E-state index in [1.54, 1.807) is 7.11 Å². The summed E-state index contributed by atoms with van der Waals surface area (Å²) in [5.41, 5.74) is 0.468. The number of amides is 1. The zero-order chi connectivity index (χ0) is 20.9. The molecule has 4 saturated carbocycles. The van der Waals surface area contributed by atoms with Gasteiger partial charge in [-0.1, -0.05) is 25.1 Å². The van der Waals surface area contributed by atoms with Crippen molar-refractivity contribution in [3.8, 4) is 0 Å². The van der Waals surface area contributed by atoms with Crippen molar-refractivity contribution >= 4 is 11.6 Å². The second-order valence-electron chi connectivity index (χ2n) is 11.0. The first kappa shape index (κ1) is 20.5. The van der Waals surface area contributed by atoms with E-state index < -0.39 is 5.60 Å². The van der Waals surface area contributed by atoms with Gasteiger partial charge in [-0.25, -0.2) is 0 Å². The largest absolute Gasteiger partial charge is 0.387 e. The lowest BCUT2D eigenvalue weighted by Crippen LogP contribution is -2.61. The summed E-state index contributed by atoms with van der Waals surface area (Å²) in [5, 5.41) is 14.1. The molecular weight excluding hydrogens is 374 g/mol. The number of hydrogen-bond donors (Lipinski definition) is 2. The van der Waals surface area contributed by atoms with Gasteiger partial charge in [-0.3, -0.25) is 4.79 Å². The molecule has 0 radical (unpaired) electrons. The van der Waals surface area contributed by atoms with E-state index in [2.05, 4.69) is 12.2 Å². The fraction of sp³-hybridized carbons (Fsp3) is 0.731. The van der Waals surface area contributed by atoms with Crippen molar-refractivity contribution < 1.29 is 14.6 Å². The van der Waals surface area contributed by atoms with Crippen LogP contribution in [0.1, 0.15) is 58.3 Å². The number of aliphatic hydroxyl groups is 1. The SMILES string of the molecule is COC[C@@]1(O)CC[C@H]2[C@H](CC[C@@H]3[C@@H]2CC[C@]2(C)[C@@H](C(=O)Nc4ccccc4)C[C@@H]32)C1. The van der Waals surface area contributed by atoms with Crippen LogP contribution in [-0.2, 0) is 9.53 Å². The second kappa shape index (κ2) is 7.63. The first-order valence-electron chi connectivity index (χ1n) is 12.0. The van der Waals surface area contributed by atoms with E-state index in [1.807, 2.05) is 30.3 Å². The topological polar surface area (TPSA) is 58.6 Å². The van der Waals surface area contributed by atoms with E-state index >= 15 is 0 Å². The molecule has 0 unspecified atom stereocenters. The molecule has 0 bridgehead atoms. The van der Waals surface area contributed by atoms with Gasteiger partial charge in [0.1, 0.15) is 0 Å². The van der Waals surface area contributed by atoms with Crippen LogP contribution < -0.4 is 5.32 Å². The van der Waals surface area contributed by atoms with Crippen LogP contribution in [0.15, 0.2) is 30.3 Å². The van der Waals surface area contributed by atoms with E-state index in [-0.39, 0.29) is 17.2 Å². The molecule has 2 N–H and O–H groups in total. The molecule has 164 valence electrons. The van der Waals surface area contributed by atoms with E-state index in [1.165, 1.54) is 25.7 Å². The van der Waals surface area contributed by atoms with Crippen molar-refractivity contribution in [3.05, 3.63) is 30.3 Å². The van der Waals surface area contributed by atoms with E-state index in [0.29, 0.717) is 18.4 Å². The van der Waals surface area contributed by atoms with Crippen molar-refractivity contribution in [2.45, 2.75) is 63.9 Å². The molecule has 1 amide bonds. The molecule has 0 aromatic heterocycles. The van der Waals surface area contributed by atoms with Gasteiger partial charge in [0.15, 0.2) is 0 Å². The highest BCUT2D eigenvalue weighted by molar-refractivity contribution is 5.93.